The molecule has 1 heterocycles. The summed E-state index contributed by atoms with van der Waals surface area (Å²) < 4.78 is 5.60. The highest BCUT2D eigenvalue weighted by molar-refractivity contribution is 5.68. The van der Waals surface area contributed by atoms with E-state index in [1.807, 2.05) is 31.2 Å². The lowest BCUT2D eigenvalue weighted by atomic mass is 10.1. The van der Waals surface area contributed by atoms with E-state index in [4.69, 9.17) is 4.42 Å². The minimum absolute atomic E-state index is 0.0579. The largest absolute Gasteiger partial charge is 0.416 e. The van der Waals surface area contributed by atoms with Crippen LogP contribution in [-0.2, 0) is 0 Å². The van der Waals surface area contributed by atoms with Crippen molar-refractivity contribution in [2.75, 3.05) is 0 Å². The number of hydrogen-bond acceptors (Lipinski definition) is 5. The van der Waals surface area contributed by atoms with Gasteiger partial charge < -0.3 is 4.42 Å². The number of nitrogens with zero attached hydrogens (tertiary/aromatic N) is 3. The SMILES string of the molecule is Cc1ccccc1-c1nnc(-c2ccccc2[N+](=O)[O-])o1. The number of aromatic nitrogens is 2. The van der Waals surface area contributed by atoms with Crippen molar-refractivity contribution in [3.63, 3.8) is 0 Å². The predicted octanol–water partition coefficient (Wildman–Crippen LogP) is 3.62. The quantitative estimate of drug-likeness (QED) is 0.541. The first-order valence-corrected chi connectivity index (χ1v) is 6.30. The van der Waals surface area contributed by atoms with Gasteiger partial charge in [0.1, 0.15) is 5.56 Å². The van der Waals surface area contributed by atoms with Crippen LogP contribution in [0, 0.1) is 17.0 Å². The lowest BCUT2D eigenvalue weighted by Crippen LogP contribution is -1.91. The lowest BCUT2D eigenvalue weighted by molar-refractivity contribution is -0.384. The molecule has 6 heteroatoms. The molecular weight excluding hydrogens is 270 g/mol. The highest BCUT2D eigenvalue weighted by Crippen LogP contribution is 2.31. The van der Waals surface area contributed by atoms with Crippen LogP contribution in [0.3, 0.4) is 0 Å². The molecule has 104 valence electrons. The zero-order chi connectivity index (χ0) is 14.8. The Hall–Kier alpha value is -3.02. The van der Waals surface area contributed by atoms with E-state index in [1.54, 1.807) is 18.2 Å². The van der Waals surface area contributed by atoms with Crippen LogP contribution in [0.4, 0.5) is 5.69 Å². The molecule has 6 nitrogen and oxygen atoms in total. The van der Waals surface area contributed by atoms with Crippen LogP contribution in [-0.4, -0.2) is 15.1 Å². The van der Waals surface area contributed by atoms with Crippen molar-refractivity contribution in [2.45, 2.75) is 6.92 Å². The van der Waals surface area contributed by atoms with Gasteiger partial charge in [-0.15, -0.1) is 10.2 Å². The molecule has 2 aromatic carbocycles. The normalized spacial score (nSPS) is 10.5. The van der Waals surface area contributed by atoms with Crippen molar-refractivity contribution < 1.29 is 9.34 Å². The van der Waals surface area contributed by atoms with Crippen molar-refractivity contribution in [1.82, 2.24) is 10.2 Å². The van der Waals surface area contributed by atoms with Gasteiger partial charge in [-0.25, -0.2) is 0 Å². The predicted molar refractivity (Wildman–Crippen MR) is 76.6 cm³/mol. The summed E-state index contributed by atoms with van der Waals surface area (Å²) in [4.78, 5) is 10.6. The summed E-state index contributed by atoms with van der Waals surface area (Å²) in [6.07, 6.45) is 0. The number of para-hydroxylation sites is 1. The van der Waals surface area contributed by atoms with Crippen LogP contribution in [0.15, 0.2) is 52.9 Å². The van der Waals surface area contributed by atoms with Crippen LogP contribution >= 0.6 is 0 Å². The van der Waals surface area contributed by atoms with Gasteiger partial charge in [0.25, 0.3) is 11.6 Å². The zero-order valence-corrected chi connectivity index (χ0v) is 11.2. The molecule has 0 aliphatic carbocycles. The molecule has 0 atom stereocenters. The highest BCUT2D eigenvalue weighted by atomic mass is 16.6. The van der Waals surface area contributed by atoms with Crippen molar-refractivity contribution in [3.8, 4) is 22.9 Å². The van der Waals surface area contributed by atoms with Crippen LogP contribution in [0.1, 0.15) is 5.56 Å². The van der Waals surface area contributed by atoms with E-state index in [0.29, 0.717) is 11.5 Å². The molecule has 0 bridgehead atoms. The average molecular weight is 281 g/mol. The lowest BCUT2D eigenvalue weighted by Gasteiger charge is -1.99. The minimum Gasteiger partial charge on any atom is -0.416 e. The third kappa shape index (κ3) is 2.38. The fourth-order valence-electron chi connectivity index (χ4n) is 2.07. The number of aryl methyl sites for hydroxylation is 1. The van der Waals surface area contributed by atoms with Crippen molar-refractivity contribution in [1.29, 1.82) is 0 Å². The third-order valence-electron chi connectivity index (χ3n) is 3.13. The number of nitro groups is 1. The second-order valence-corrected chi connectivity index (χ2v) is 4.50. The van der Waals surface area contributed by atoms with Gasteiger partial charge in [0.2, 0.25) is 5.89 Å². The molecular formula is C15H11N3O3. The first-order chi connectivity index (χ1) is 10.2. The van der Waals surface area contributed by atoms with Gasteiger partial charge in [0.15, 0.2) is 0 Å². The van der Waals surface area contributed by atoms with E-state index in [0.717, 1.165) is 11.1 Å². The van der Waals surface area contributed by atoms with Gasteiger partial charge in [-0.05, 0) is 24.6 Å². The van der Waals surface area contributed by atoms with Crippen LogP contribution in [0.25, 0.3) is 22.9 Å². The summed E-state index contributed by atoms with van der Waals surface area (Å²) in [5.74, 6) is 0.488. The van der Waals surface area contributed by atoms with Gasteiger partial charge >= 0.3 is 0 Å². The summed E-state index contributed by atoms with van der Waals surface area (Å²) in [5, 5.41) is 19.0. The molecule has 21 heavy (non-hydrogen) atoms. The van der Waals surface area contributed by atoms with Gasteiger partial charge in [-0.3, -0.25) is 10.1 Å². The maximum absolute atomic E-state index is 11.0. The Morgan fingerprint density at radius 3 is 2.19 bits per heavy atom. The molecule has 0 spiro atoms. The van der Waals surface area contributed by atoms with E-state index < -0.39 is 4.92 Å². The van der Waals surface area contributed by atoms with Crippen LogP contribution in [0.5, 0.6) is 0 Å². The maximum Gasteiger partial charge on any atom is 0.282 e. The van der Waals surface area contributed by atoms with Gasteiger partial charge in [-0.1, -0.05) is 30.3 Å². The Kier molecular flexibility index (Phi) is 3.19. The number of nitro benzene ring substituents is 1. The highest BCUT2D eigenvalue weighted by Gasteiger charge is 2.20. The fourth-order valence-corrected chi connectivity index (χ4v) is 2.07. The van der Waals surface area contributed by atoms with E-state index in [2.05, 4.69) is 10.2 Å². The zero-order valence-electron chi connectivity index (χ0n) is 11.2. The molecule has 0 radical (unpaired) electrons. The molecule has 0 aliphatic heterocycles. The number of hydrogen-bond donors (Lipinski definition) is 0. The molecule has 0 unspecified atom stereocenters. The monoisotopic (exact) mass is 281 g/mol. The smallest absolute Gasteiger partial charge is 0.282 e. The maximum atomic E-state index is 11.0. The molecule has 0 saturated carbocycles. The Bertz CT molecular complexity index is 811. The standard InChI is InChI=1S/C15H11N3O3/c1-10-6-2-3-7-11(10)14-16-17-15(21-14)12-8-4-5-9-13(12)18(19)20/h2-9H,1H3. The minimum atomic E-state index is -0.465. The second kappa shape index (κ2) is 5.16. The summed E-state index contributed by atoms with van der Waals surface area (Å²) in [6, 6.07) is 13.9. The van der Waals surface area contributed by atoms with Gasteiger partial charge in [-0.2, -0.15) is 0 Å². The Morgan fingerprint density at radius 2 is 1.52 bits per heavy atom. The van der Waals surface area contributed by atoms with E-state index >= 15 is 0 Å². The van der Waals surface area contributed by atoms with Crippen molar-refractivity contribution in [3.05, 3.63) is 64.2 Å². The Balaban J connectivity index is 2.08. The summed E-state index contributed by atoms with van der Waals surface area (Å²) >= 11 is 0. The number of rotatable bonds is 3. The molecule has 0 amide bonds. The second-order valence-electron chi connectivity index (χ2n) is 4.50. The summed E-state index contributed by atoms with van der Waals surface area (Å²) in [5.41, 5.74) is 2.07. The first-order valence-electron chi connectivity index (χ1n) is 6.30. The average Bonchev–Trinajstić information content (AvgIpc) is 2.97. The molecule has 3 aromatic rings. The first kappa shape index (κ1) is 13.0. The molecule has 0 saturated heterocycles. The Morgan fingerprint density at radius 1 is 0.952 bits per heavy atom. The third-order valence-corrected chi connectivity index (χ3v) is 3.13. The summed E-state index contributed by atoms with van der Waals surface area (Å²) in [7, 11) is 0. The van der Waals surface area contributed by atoms with Crippen LogP contribution < -0.4 is 0 Å². The van der Waals surface area contributed by atoms with Crippen molar-refractivity contribution in [2.24, 2.45) is 0 Å². The van der Waals surface area contributed by atoms with Gasteiger partial charge in [0.05, 0.1) is 4.92 Å². The van der Waals surface area contributed by atoms with Gasteiger partial charge in [0, 0.05) is 11.6 Å². The molecule has 1 aromatic heterocycles. The van der Waals surface area contributed by atoms with Crippen molar-refractivity contribution >= 4 is 5.69 Å². The van der Waals surface area contributed by atoms with E-state index in [1.165, 1.54) is 6.07 Å². The summed E-state index contributed by atoms with van der Waals surface area (Å²) in [6.45, 7) is 1.93. The topological polar surface area (TPSA) is 82.1 Å². The molecule has 0 N–H and O–H groups in total. The van der Waals surface area contributed by atoms with E-state index in [-0.39, 0.29) is 11.6 Å². The fraction of sp³-hybridized carbons (Fsp3) is 0.0667. The molecule has 0 fully saturated rings. The molecule has 3 rings (SSSR count). The van der Waals surface area contributed by atoms with Crippen LogP contribution in [0.2, 0.25) is 0 Å². The molecule has 0 aliphatic rings. The Labute approximate surface area is 120 Å². The number of benzene rings is 2. The van der Waals surface area contributed by atoms with E-state index in [9.17, 15) is 10.1 Å².